The summed E-state index contributed by atoms with van der Waals surface area (Å²) in [5.41, 5.74) is 6.70. The van der Waals surface area contributed by atoms with Gasteiger partial charge in [-0.2, -0.15) is 0 Å². The monoisotopic (exact) mass is 942 g/mol. The van der Waals surface area contributed by atoms with Crippen LogP contribution in [0.1, 0.15) is 96.5 Å². The lowest BCUT2D eigenvalue weighted by Crippen LogP contribution is -2.47. The summed E-state index contributed by atoms with van der Waals surface area (Å²) >= 11 is 8.95. The van der Waals surface area contributed by atoms with Gasteiger partial charge in [0.1, 0.15) is 5.69 Å². The van der Waals surface area contributed by atoms with Crippen molar-refractivity contribution in [2.45, 2.75) is 103 Å². The number of amides is 1. The van der Waals surface area contributed by atoms with Gasteiger partial charge in [-0.15, -0.1) is 11.8 Å². The summed E-state index contributed by atoms with van der Waals surface area (Å²) in [4.78, 5) is 33.6. The number of ether oxygens (including phenoxy) is 1. The number of piperidine rings is 1. The van der Waals surface area contributed by atoms with Gasteiger partial charge in [0.25, 0.3) is 11.6 Å². The van der Waals surface area contributed by atoms with Crippen molar-refractivity contribution in [2.75, 3.05) is 74.9 Å². The zero-order chi connectivity index (χ0) is 46.8. The lowest BCUT2D eigenvalue weighted by atomic mass is 9.73. The van der Waals surface area contributed by atoms with Gasteiger partial charge in [-0.3, -0.25) is 24.5 Å². The van der Waals surface area contributed by atoms with E-state index in [1.807, 2.05) is 80.6 Å². The predicted molar refractivity (Wildman–Crippen MR) is 276 cm³/mol. The van der Waals surface area contributed by atoms with E-state index in [1.54, 1.807) is 29.5 Å². The summed E-state index contributed by atoms with van der Waals surface area (Å²) in [5.74, 6) is 0.520. The second kappa shape index (κ2) is 26.3. The maximum absolute atomic E-state index is 13.0. The number of nitrogens with one attached hydrogen (secondary N) is 2. The normalized spacial score (nSPS) is 16.8. The van der Waals surface area contributed by atoms with Crippen molar-refractivity contribution in [3.8, 4) is 0 Å². The molecule has 7 rings (SSSR count). The number of hydrogen-bond donors (Lipinski definition) is 2. The lowest BCUT2D eigenvalue weighted by Gasteiger charge is -2.39. The number of benzene rings is 4. The molecule has 10 nitrogen and oxygen atoms in total. The fourth-order valence-electron chi connectivity index (χ4n) is 8.48. The number of likely N-dealkylation sites (tertiary alicyclic amines) is 1. The number of rotatable bonds is 16. The number of carbonyl (C=O) groups is 1. The molecule has 0 aromatic heterocycles. The number of anilines is 2. The molecule has 352 valence electrons. The first-order valence-corrected chi connectivity index (χ1v) is 25.6. The molecule has 4 aromatic carbocycles. The van der Waals surface area contributed by atoms with E-state index in [4.69, 9.17) is 16.3 Å². The van der Waals surface area contributed by atoms with Crippen molar-refractivity contribution in [3.05, 3.63) is 129 Å². The third kappa shape index (κ3) is 16.7. The van der Waals surface area contributed by atoms with Gasteiger partial charge >= 0.3 is 0 Å². The molecule has 0 radical (unpaired) electrons. The predicted octanol–water partition coefficient (Wildman–Crippen LogP) is 12.6. The van der Waals surface area contributed by atoms with Crippen LogP contribution in [0.2, 0.25) is 5.02 Å². The van der Waals surface area contributed by atoms with Crippen LogP contribution in [-0.2, 0) is 4.74 Å². The second-order valence-electron chi connectivity index (χ2n) is 17.6. The van der Waals surface area contributed by atoms with Crippen molar-refractivity contribution in [3.63, 3.8) is 0 Å². The number of halogens is 1. The molecule has 2 N–H and O–H groups in total. The molecule has 13 heteroatoms. The number of hydrogen-bond acceptors (Lipinski definition) is 10. The van der Waals surface area contributed by atoms with Crippen LogP contribution < -0.4 is 14.9 Å². The standard InChI is InChI=1S/C40H44ClN5O3S2.C10H21NO.C2H6/c1-40(2)19-18-36(29-8-12-32(41)13-9-29)31(27-40)28-44-21-23-45(24-22-44)33-14-10-30(11-15-33)39(47)43-51-35-16-17-37(38(26-35)46(48)49)42-20-25-50-34-6-4-3-5-7-34;1-4-11-7-5-10(6-8-11)12-9(2)3;1-2/h3-17,26,42H,18-25,27-28H2,1-2H3,(H,43,47);9-10H,4-8H2,1-3H3;1-2H3. The van der Waals surface area contributed by atoms with Crippen LogP contribution in [0, 0.1) is 15.5 Å². The first kappa shape index (κ1) is 51.9. The summed E-state index contributed by atoms with van der Waals surface area (Å²) in [5, 5.41) is 15.8. The van der Waals surface area contributed by atoms with E-state index in [-0.39, 0.29) is 11.6 Å². The number of allylic oxidation sites excluding steroid dienone is 1. The summed E-state index contributed by atoms with van der Waals surface area (Å²) in [7, 11) is 0. The number of piperazine rings is 1. The quantitative estimate of drug-likeness (QED) is 0.0371. The molecule has 4 aromatic rings. The van der Waals surface area contributed by atoms with Gasteiger partial charge in [0.05, 0.1) is 17.1 Å². The van der Waals surface area contributed by atoms with Gasteiger partial charge in [-0.1, -0.05) is 82.1 Å². The Balaban J connectivity index is 0.000000488. The Labute approximate surface area is 402 Å². The molecule has 0 saturated carbocycles. The Bertz CT molecular complexity index is 2100. The summed E-state index contributed by atoms with van der Waals surface area (Å²) < 4.78 is 8.60. The average Bonchev–Trinajstić information content (AvgIpc) is 3.31. The van der Waals surface area contributed by atoms with Gasteiger partial charge < -0.3 is 19.9 Å². The van der Waals surface area contributed by atoms with E-state index < -0.39 is 4.92 Å². The molecule has 3 aliphatic rings. The van der Waals surface area contributed by atoms with E-state index in [2.05, 4.69) is 71.5 Å². The van der Waals surface area contributed by atoms with Gasteiger partial charge in [-0.25, -0.2) is 0 Å². The number of thioether (sulfide) groups is 1. The van der Waals surface area contributed by atoms with Crippen LogP contribution in [0.3, 0.4) is 0 Å². The number of carbonyl (C=O) groups excluding carboxylic acids is 1. The Kier molecular flexibility index (Phi) is 21.0. The molecule has 0 atom stereocenters. The minimum absolute atomic E-state index is 0.0234. The van der Waals surface area contributed by atoms with Gasteiger partial charge in [0.2, 0.25) is 0 Å². The molecule has 2 heterocycles. The third-order valence-corrected chi connectivity index (χ3v) is 14.0. The highest BCUT2D eigenvalue weighted by Crippen LogP contribution is 2.43. The van der Waals surface area contributed by atoms with Crippen LogP contribution in [-0.4, -0.2) is 97.5 Å². The zero-order valence-electron chi connectivity index (χ0n) is 39.6. The minimum Gasteiger partial charge on any atom is -0.379 e. The molecule has 2 fully saturated rings. The number of nitrogens with zero attached hydrogens (tertiary/aromatic N) is 4. The van der Waals surface area contributed by atoms with Crippen molar-refractivity contribution < 1.29 is 14.5 Å². The van der Waals surface area contributed by atoms with Gasteiger partial charge in [0, 0.05) is 90.2 Å². The average molecular weight is 944 g/mol. The molecule has 2 aliphatic heterocycles. The van der Waals surface area contributed by atoms with Crippen LogP contribution in [0.25, 0.3) is 5.57 Å². The second-order valence-corrected chi connectivity index (χ2v) is 20.1. The SMILES string of the molecule is CC.CC1(C)CCC(c2ccc(Cl)cc2)=C(CN2CCN(c3ccc(C(=O)NSc4ccc(NCCSc5ccccc5)c([N+](=O)[O-])c4)cc3)CC2)C1.CCN1CCC(OC(C)C)CC1. The molecule has 65 heavy (non-hydrogen) atoms. The fourth-order valence-corrected chi connectivity index (χ4v) is 10.0. The topological polar surface area (TPSA) is 103 Å². The van der Waals surface area contributed by atoms with E-state index >= 15 is 0 Å². The van der Waals surface area contributed by atoms with Crippen molar-refractivity contribution in [1.82, 2.24) is 14.5 Å². The summed E-state index contributed by atoms with van der Waals surface area (Å²) in [6.45, 7) is 24.2. The van der Waals surface area contributed by atoms with Gasteiger partial charge in [-0.05, 0) is 142 Å². The maximum atomic E-state index is 13.0. The summed E-state index contributed by atoms with van der Waals surface area (Å²) in [6, 6.07) is 31.0. The highest BCUT2D eigenvalue weighted by molar-refractivity contribution is 7.99. The largest absolute Gasteiger partial charge is 0.379 e. The first-order chi connectivity index (χ1) is 31.4. The first-order valence-electron chi connectivity index (χ1n) is 23.4. The Morgan fingerprint density at radius 2 is 1.57 bits per heavy atom. The Morgan fingerprint density at radius 3 is 2.20 bits per heavy atom. The van der Waals surface area contributed by atoms with Crippen molar-refractivity contribution in [1.29, 1.82) is 0 Å². The van der Waals surface area contributed by atoms with Crippen LogP contribution in [0.5, 0.6) is 0 Å². The molecular formula is C52H71ClN6O4S2. The highest BCUT2D eigenvalue weighted by Gasteiger charge is 2.29. The van der Waals surface area contributed by atoms with E-state index in [1.165, 1.54) is 56.1 Å². The molecule has 0 bridgehead atoms. The third-order valence-electron chi connectivity index (χ3n) is 11.9. The molecule has 2 saturated heterocycles. The van der Waals surface area contributed by atoms with Crippen LogP contribution >= 0.6 is 35.3 Å². The van der Waals surface area contributed by atoms with E-state index in [0.717, 1.165) is 78.9 Å². The minimum atomic E-state index is -0.399. The molecule has 0 unspecified atom stereocenters. The number of nitro benzene ring substituents is 1. The number of nitro groups is 1. The maximum Gasteiger partial charge on any atom is 0.293 e. The Hall–Kier alpha value is -4.04. The Morgan fingerprint density at radius 1 is 0.892 bits per heavy atom. The lowest BCUT2D eigenvalue weighted by molar-refractivity contribution is -0.384. The molecule has 1 aliphatic carbocycles. The zero-order valence-corrected chi connectivity index (χ0v) is 42.0. The molecule has 1 amide bonds. The molecular weight excluding hydrogens is 872 g/mol. The highest BCUT2D eigenvalue weighted by atomic mass is 35.5. The smallest absolute Gasteiger partial charge is 0.293 e. The van der Waals surface area contributed by atoms with E-state index in [9.17, 15) is 14.9 Å². The van der Waals surface area contributed by atoms with Crippen molar-refractivity contribution in [2.24, 2.45) is 5.41 Å². The van der Waals surface area contributed by atoms with Crippen LogP contribution in [0.15, 0.2) is 112 Å². The summed E-state index contributed by atoms with van der Waals surface area (Å²) in [6.07, 6.45) is 6.74. The van der Waals surface area contributed by atoms with E-state index in [0.29, 0.717) is 40.3 Å². The van der Waals surface area contributed by atoms with Crippen LogP contribution in [0.4, 0.5) is 17.1 Å². The van der Waals surface area contributed by atoms with Gasteiger partial charge in [0.15, 0.2) is 0 Å². The van der Waals surface area contributed by atoms with Crippen molar-refractivity contribution >= 4 is 63.9 Å². The molecule has 0 spiro atoms. The fraction of sp³-hybridized carbons (Fsp3) is 0.481.